The molecule has 1 aromatic heterocycles. The van der Waals surface area contributed by atoms with E-state index in [2.05, 4.69) is 26.1 Å². The van der Waals surface area contributed by atoms with Crippen LogP contribution in [0.15, 0.2) is 27.2 Å². The van der Waals surface area contributed by atoms with Crippen LogP contribution in [-0.2, 0) is 6.42 Å². The lowest BCUT2D eigenvalue weighted by molar-refractivity contribution is 0.348. The zero-order valence-corrected chi connectivity index (χ0v) is 11.7. The van der Waals surface area contributed by atoms with Gasteiger partial charge in [0, 0.05) is 22.0 Å². The molecule has 2 aromatic rings. The molecule has 0 amide bonds. The minimum absolute atomic E-state index is 0.322. The molecule has 0 aliphatic carbocycles. The topological polar surface area (TPSA) is 64.9 Å². The van der Waals surface area contributed by atoms with E-state index in [1.165, 1.54) is 12.1 Å². The Labute approximate surface area is 113 Å². The van der Waals surface area contributed by atoms with Crippen molar-refractivity contribution in [2.75, 3.05) is 0 Å². The lowest BCUT2D eigenvalue weighted by atomic mass is 10.0. The molecule has 0 aliphatic rings. The van der Waals surface area contributed by atoms with Crippen LogP contribution in [0.3, 0.4) is 0 Å². The van der Waals surface area contributed by atoms with Crippen LogP contribution in [-0.4, -0.2) is 15.7 Å². The van der Waals surface area contributed by atoms with E-state index < -0.39 is 5.54 Å². The Balaban J connectivity index is 2.29. The number of nitrogens with zero attached hydrogens (tertiary/aromatic N) is 2. The quantitative estimate of drug-likeness (QED) is 0.946. The Morgan fingerprint density at radius 3 is 2.78 bits per heavy atom. The third-order valence-corrected chi connectivity index (χ3v) is 2.90. The second-order valence-electron chi connectivity index (χ2n) is 4.80. The lowest BCUT2D eigenvalue weighted by Gasteiger charge is -2.14. The smallest absolute Gasteiger partial charge is 0.228 e. The van der Waals surface area contributed by atoms with E-state index in [0.717, 1.165) is 0 Å². The van der Waals surface area contributed by atoms with E-state index in [9.17, 15) is 4.39 Å². The van der Waals surface area contributed by atoms with Crippen molar-refractivity contribution in [3.63, 3.8) is 0 Å². The summed E-state index contributed by atoms with van der Waals surface area (Å²) in [5.74, 6) is 0.562. The second kappa shape index (κ2) is 4.78. The number of nitrogens with two attached hydrogens (primary N) is 1. The molecule has 2 rings (SSSR count). The van der Waals surface area contributed by atoms with E-state index in [0.29, 0.717) is 28.2 Å². The second-order valence-corrected chi connectivity index (χ2v) is 5.66. The molecule has 96 valence electrons. The number of aromatic nitrogens is 2. The fourth-order valence-electron chi connectivity index (χ4n) is 1.50. The number of hydrogen-bond donors (Lipinski definition) is 1. The summed E-state index contributed by atoms with van der Waals surface area (Å²) >= 11 is 3.27. The highest BCUT2D eigenvalue weighted by atomic mass is 79.9. The Hall–Kier alpha value is -1.27. The van der Waals surface area contributed by atoms with Crippen molar-refractivity contribution in [1.29, 1.82) is 0 Å². The van der Waals surface area contributed by atoms with Gasteiger partial charge in [0.05, 0.1) is 0 Å². The van der Waals surface area contributed by atoms with Crippen molar-refractivity contribution >= 4 is 15.9 Å². The summed E-state index contributed by atoms with van der Waals surface area (Å²) in [4.78, 5) is 4.25. The van der Waals surface area contributed by atoms with Gasteiger partial charge in [-0.2, -0.15) is 4.98 Å². The van der Waals surface area contributed by atoms with Gasteiger partial charge in [-0.3, -0.25) is 0 Å². The summed E-state index contributed by atoms with van der Waals surface area (Å²) in [7, 11) is 0. The van der Waals surface area contributed by atoms with Gasteiger partial charge >= 0.3 is 0 Å². The highest BCUT2D eigenvalue weighted by molar-refractivity contribution is 9.10. The predicted octanol–water partition coefficient (Wildman–Crippen LogP) is 2.92. The molecule has 1 heterocycles. The predicted molar refractivity (Wildman–Crippen MR) is 69.4 cm³/mol. The van der Waals surface area contributed by atoms with Crippen LogP contribution in [0.5, 0.6) is 0 Å². The molecule has 2 N–H and O–H groups in total. The number of hydrogen-bond acceptors (Lipinski definition) is 4. The van der Waals surface area contributed by atoms with Crippen molar-refractivity contribution < 1.29 is 8.91 Å². The summed E-state index contributed by atoms with van der Waals surface area (Å²) in [6, 6.07) is 4.31. The Kier molecular flexibility index (Phi) is 3.49. The normalized spacial score (nSPS) is 11.8. The maximum atomic E-state index is 13.0. The van der Waals surface area contributed by atoms with E-state index >= 15 is 0 Å². The minimum atomic E-state index is -0.413. The third-order valence-electron chi connectivity index (χ3n) is 2.25. The Bertz CT molecular complexity index is 563. The van der Waals surface area contributed by atoms with Crippen molar-refractivity contribution in [2.45, 2.75) is 25.8 Å². The summed E-state index contributed by atoms with van der Waals surface area (Å²) in [5.41, 5.74) is 6.15. The molecule has 0 fully saturated rings. The van der Waals surface area contributed by atoms with Gasteiger partial charge < -0.3 is 10.3 Å². The molecular weight excluding hydrogens is 301 g/mol. The molecule has 4 nitrogen and oxygen atoms in total. The van der Waals surface area contributed by atoms with Crippen LogP contribution < -0.4 is 5.73 Å². The Morgan fingerprint density at radius 1 is 1.44 bits per heavy atom. The van der Waals surface area contributed by atoms with Crippen LogP contribution >= 0.6 is 15.9 Å². The van der Waals surface area contributed by atoms with E-state index in [1.54, 1.807) is 6.07 Å². The van der Waals surface area contributed by atoms with Crippen molar-refractivity contribution in [2.24, 2.45) is 5.73 Å². The van der Waals surface area contributed by atoms with Crippen LogP contribution in [0.1, 0.15) is 19.7 Å². The summed E-state index contributed by atoms with van der Waals surface area (Å²) in [6.45, 7) is 3.76. The van der Waals surface area contributed by atoms with Crippen LogP contribution in [0.4, 0.5) is 4.39 Å². The molecule has 0 unspecified atom stereocenters. The molecule has 6 heteroatoms. The Morgan fingerprint density at radius 2 is 2.17 bits per heavy atom. The maximum Gasteiger partial charge on any atom is 0.228 e. The zero-order valence-electron chi connectivity index (χ0n) is 10.1. The van der Waals surface area contributed by atoms with Gasteiger partial charge in [-0.15, -0.1) is 0 Å². The molecule has 1 aromatic carbocycles. The van der Waals surface area contributed by atoms with Gasteiger partial charge in [-0.25, -0.2) is 4.39 Å². The molecular formula is C12H13BrFN3O. The maximum absolute atomic E-state index is 13.0. The third kappa shape index (κ3) is 3.14. The molecule has 0 atom stereocenters. The summed E-state index contributed by atoms with van der Waals surface area (Å²) in [5, 5.41) is 3.87. The fraction of sp³-hybridized carbons (Fsp3) is 0.333. The first kappa shape index (κ1) is 13.2. The molecule has 0 bridgehead atoms. The molecule has 0 spiro atoms. The van der Waals surface area contributed by atoms with E-state index in [1.807, 2.05) is 13.8 Å². The number of rotatable bonds is 3. The summed E-state index contributed by atoms with van der Waals surface area (Å²) in [6.07, 6.45) is 0.485. The first-order valence-corrected chi connectivity index (χ1v) is 6.21. The molecule has 0 saturated heterocycles. The van der Waals surface area contributed by atoms with Crippen molar-refractivity contribution in [1.82, 2.24) is 10.1 Å². The first-order valence-electron chi connectivity index (χ1n) is 5.42. The standard InChI is InChI=1S/C12H13BrFN3O/c1-12(2,15)6-10-16-11(17-18-10)8-4-3-7(14)5-9(8)13/h3-5H,6,15H2,1-2H3. The van der Waals surface area contributed by atoms with E-state index in [-0.39, 0.29) is 5.82 Å². The van der Waals surface area contributed by atoms with Crippen LogP contribution in [0.2, 0.25) is 0 Å². The number of halogens is 2. The van der Waals surface area contributed by atoms with Gasteiger partial charge in [-0.05, 0) is 48.0 Å². The SMILES string of the molecule is CC(C)(N)Cc1nc(-c2ccc(F)cc2Br)no1. The monoisotopic (exact) mass is 313 g/mol. The minimum Gasteiger partial charge on any atom is -0.339 e. The first-order chi connectivity index (χ1) is 8.35. The molecule has 0 radical (unpaired) electrons. The number of benzene rings is 1. The van der Waals surface area contributed by atoms with Gasteiger partial charge in [0.2, 0.25) is 11.7 Å². The van der Waals surface area contributed by atoms with Gasteiger partial charge in [0.25, 0.3) is 0 Å². The van der Waals surface area contributed by atoms with Gasteiger partial charge in [0.1, 0.15) is 5.82 Å². The van der Waals surface area contributed by atoms with Crippen molar-refractivity contribution in [3.8, 4) is 11.4 Å². The molecule has 18 heavy (non-hydrogen) atoms. The fourth-order valence-corrected chi connectivity index (χ4v) is 2.02. The average molecular weight is 314 g/mol. The highest BCUT2D eigenvalue weighted by Gasteiger charge is 2.18. The summed E-state index contributed by atoms with van der Waals surface area (Å²) < 4.78 is 18.7. The van der Waals surface area contributed by atoms with E-state index in [4.69, 9.17) is 10.3 Å². The van der Waals surface area contributed by atoms with Crippen LogP contribution in [0, 0.1) is 5.82 Å². The van der Waals surface area contributed by atoms with Gasteiger partial charge in [0.15, 0.2) is 0 Å². The van der Waals surface area contributed by atoms with Crippen molar-refractivity contribution in [3.05, 3.63) is 34.4 Å². The average Bonchev–Trinajstić information content (AvgIpc) is 2.63. The molecule has 0 saturated carbocycles. The highest BCUT2D eigenvalue weighted by Crippen LogP contribution is 2.27. The zero-order chi connectivity index (χ0) is 13.3. The van der Waals surface area contributed by atoms with Crippen LogP contribution in [0.25, 0.3) is 11.4 Å². The molecule has 0 aliphatic heterocycles. The largest absolute Gasteiger partial charge is 0.339 e. The van der Waals surface area contributed by atoms with Gasteiger partial charge in [-0.1, -0.05) is 5.16 Å². The lowest BCUT2D eigenvalue weighted by Crippen LogP contribution is -2.34.